The summed E-state index contributed by atoms with van der Waals surface area (Å²) in [6.07, 6.45) is 13.0. The third-order valence-electron chi connectivity index (χ3n) is 8.44. The number of piperidine rings is 1. The van der Waals surface area contributed by atoms with Crippen LogP contribution in [-0.4, -0.2) is 54.2 Å². The molecular weight excluding hydrogens is 530 g/mol. The molecule has 10 nitrogen and oxygen atoms in total. The summed E-state index contributed by atoms with van der Waals surface area (Å²) < 4.78 is 13.8. The van der Waals surface area contributed by atoms with Gasteiger partial charge in [-0.3, -0.25) is 0 Å². The van der Waals surface area contributed by atoms with Gasteiger partial charge in [-0.25, -0.2) is 24.7 Å². The van der Waals surface area contributed by atoms with E-state index in [1.807, 2.05) is 57.0 Å². The fraction of sp³-hybridized carbons (Fsp3) is 0.406. The second-order valence-electron chi connectivity index (χ2n) is 12.2. The number of benzene rings is 1. The van der Waals surface area contributed by atoms with Crippen molar-refractivity contribution in [3.05, 3.63) is 66.9 Å². The van der Waals surface area contributed by atoms with Gasteiger partial charge >= 0.3 is 12.1 Å². The van der Waals surface area contributed by atoms with Gasteiger partial charge in [0.1, 0.15) is 29.1 Å². The van der Waals surface area contributed by atoms with Gasteiger partial charge in [0.25, 0.3) is 0 Å². The first-order valence-corrected chi connectivity index (χ1v) is 14.4. The fourth-order valence-corrected chi connectivity index (χ4v) is 6.49. The number of nitrogens with two attached hydrogens (primary N) is 1. The lowest BCUT2D eigenvalue weighted by Gasteiger charge is -2.49. The molecule has 3 aromatic heterocycles. The average Bonchev–Trinajstić information content (AvgIpc) is 3.27. The minimum Gasteiger partial charge on any atom is -0.444 e. The Morgan fingerprint density at radius 2 is 1.81 bits per heavy atom. The first kappa shape index (κ1) is 27.7. The van der Waals surface area contributed by atoms with Crippen molar-refractivity contribution in [2.75, 3.05) is 18.8 Å². The fourth-order valence-electron chi connectivity index (χ4n) is 6.49. The van der Waals surface area contributed by atoms with E-state index in [0.29, 0.717) is 24.7 Å². The smallest absolute Gasteiger partial charge is 0.410 e. The number of nitrogen functional groups attached to an aromatic ring is 1. The number of rotatable bonds is 4. The molecule has 2 N–H and O–H groups in total. The van der Waals surface area contributed by atoms with Gasteiger partial charge in [-0.05, 0) is 75.6 Å². The van der Waals surface area contributed by atoms with Gasteiger partial charge in [-0.15, -0.1) is 0 Å². The molecule has 2 aliphatic rings. The number of fused-ring (bicyclic) bond motifs is 1. The molecule has 1 saturated heterocycles. The molecule has 218 valence electrons. The molecule has 42 heavy (non-hydrogen) atoms. The van der Waals surface area contributed by atoms with Crippen molar-refractivity contribution in [1.29, 1.82) is 0 Å². The maximum atomic E-state index is 13.3. The van der Waals surface area contributed by atoms with Gasteiger partial charge < -0.3 is 24.7 Å². The number of likely N-dealkylation sites (tertiary alicyclic amines) is 1. The van der Waals surface area contributed by atoms with Crippen LogP contribution >= 0.6 is 0 Å². The third-order valence-corrected chi connectivity index (χ3v) is 8.44. The van der Waals surface area contributed by atoms with Gasteiger partial charge in [0.15, 0.2) is 0 Å². The van der Waals surface area contributed by atoms with Crippen LogP contribution in [0.15, 0.2) is 61.2 Å². The van der Waals surface area contributed by atoms with Crippen molar-refractivity contribution in [3.63, 3.8) is 0 Å². The van der Waals surface area contributed by atoms with Crippen LogP contribution in [0.2, 0.25) is 0 Å². The Bertz CT molecular complexity index is 1630. The van der Waals surface area contributed by atoms with Crippen LogP contribution < -0.4 is 10.5 Å². The van der Waals surface area contributed by atoms with Crippen LogP contribution in [-0.2, 0) is 11.8 Å². The summed E-state index contributed by atoms with van der Waals surface area (Å²) in [4.78, 5) is 32.6. The number of nitrogens with zero attached hydrogens (tertiary/aromatic N) is 6. The zero-order valence-corrected chi connectivity index (χ0v) is 24.6. The molecule has 0 radical (unpaired) electrons. The molecule has 4 aromatic rings. The molecule has 1 aliphatic heterocycles. The van der Waals surface area contributed by atoms with Gasteiger partial charge in [0.05, 0.1) is 5.39 Å². The Morgan fingerprint density at radius 3 is 2.50 bits per heavy atom. The zero-order chi connectivity index (χ0) is 29.5. The molecule has 1 aliphatic carbocycles. The highest BCUT2D eigenvalue weighted by Crippen LogP contribution is 2.54. The summed E-state index contributed by atoms with van der Waals surface area (Å²) in [7, 11) is 2.04. The maximum Gasteiger partial charge on any atom is 0.410 e. The predicted octanol–water partition coefficient (Wildman–Crippen LogP) is 6.25. The van der Waals surface area contributed by atoms with Crippen molar-refractivity contribution in [3.8, 4) is 22.9 Å². The standard InChI is InChI=1S/C32H37N7O3/c1-31(2,3)42-30(40)39-18-15-32(13-6-5-7-14-32)23(19-39)26-24(25-27(33)36-20-37-28(25)38(26)4)21-9-11-22(12-10-21)41-29-34-16-8-17-35-29/h5-6,8-12,16-17,20,23H,7,13-15,18-19H2,1-4H3,(H2,33,36,37). The Morgan fingerprint density at radius 1 is 1.05 bits per heavy atom. The van der Waals surface area contributed by atoms with Crippen molar-refractivity contribution in [2.24, 2.45) is 12.5 Å². The lowest BCUT2D eigenvalue weighted by molar-refractivity contribution is 0.00134. The van der Waals surface area contributed by atoms with E-state index in [2.05, 4.69) is 36.7 Å². The van der Waals surface area contributed by atoms with E-state index in [-0.39, 0.29) is 23.4 Å². The topological polar surface area (TPSA) is 121 Å². The van der Waals surface area contributed by atoms with Gasteiger partial charge in [0.2, 0.25) is 0 Å². The summed E-state index contributed by atoms with van der Waals surface area (Å²) in [5.41, 5.74) is 9.78. The molecule has 0 bridgehead atoms. The number of ether oxygens (including phenoxy) is 2. The molecule has 2 unspecified atom stereocenters. The Kier molecular flexibility index (Phi) is 7.08. The SMILES string of the molecule is Cn1c(C2CN(C(=O)OC(C)(C)C)CCC23CC=CCC3)c(-c2ccc(Oc3ncccn3)cc2)c2c(N)ncnc21. The van der Waals surface area contributed by atoms with E-state index in [4.69, 9.17) is 15.2 Å². The minimum absolute atomic E-state index is 0.0139. The third kappa shape index (κ3) is 5.17. The molecule has 2 atom stereocenters. The Hall–Kier alpha value is -4.47. The first-order valence-electron chi connectivity index (χ1n) is 14.4. The number of amides is 1. The molecule has 1 fully saturated rings. The van der Waals surface area contributed by atoms with Crippen LogP contribution in [0.4, 0.5) is 10.6 Å². The van der Waals surface area contributed by atoms with E-state index >= 15 is 0 Å². The van der Waals surface area contributed by atoms with Crippen molar-refractivity contribution in [2.45, 2.75) is 58.0 Å². The van der Waals surface area contributed by atoms with Gasteiger partial charge in [0, 0.05) is 49.7 Å². The number of carbonyl (C=O) groups is 1. The monoisotopic (exact) mass is 567 g/mol. The molecule has 1 aromatic carbocycles. The highest BCUT2D eigenvalue weighted by atomic mass is 16.6. The van der Waals surface area contributed by atoms with Gasteiger partial charge in [-0.2, -0.15) is 0 Å². The van der Waals surface area contributed by atoms with E-state index < -0.39 is 5.60 Å². The number of hydrogen-bond donors (Lipinski definition) is 1. The minimum atomic E-state index is -0.571. The first-order chi connectivity index (χ1) is 20.2. The Labute approximate surface area is 245 Å². The van der Waals surface area contributed by atoms with Crippen LogP contribution in [0, 0.1) is 5.41 Å². The molecule has 6 rings (SSSR count). The van der Waals surface area contributed by atoms with Crippen LogP contribution in [0.5, 0.6) is 11.8 Å². The van der Waals surface area contributed by atoms with Gasteiger partial charge in [-0.1, -0.05) is 24.3 Å². The summed E-state index contributed by atoms with van der Waals surface area (Å²) in [6, 6.07) is 9.87. The Balaban J connectivity index is 1.47. The average molecular weight is 568 g/mol. The van der Waals surface area contributed by atoms with E-state index in [1.54, 1.807) is 18.5 Å². The second-order valence-corrected chi connectivity index (χ2v) is 12.2. The molecule has 1 amide bonds. The molecule has 1 spiro atoms. The molecule has 4 heterocycles. The zero-order valence-electron chi connectivity index (χ0n) is 24.6. The normalized spacial score (nSPS) is 20.7. The number of anilines is 1. The molecule has 10 heteroatoms. The number of carbonyl (C=O) groups excluding carboxylic acids is 1. The lowest BCUT2D eigenvalue weighted by atomic mass is 9.62. The van der Waals surface area contributed by atoms with Crippen LogP contribution in [0.25, 0.3) is 22.2 Å². The molecular formula is C32H37N7O3. The molecule has 0 saturated carbocycles. The van der Waals surface area contributed by atoms with E-state index in [0.717, 1.165) is 53.5 Å². The number of aryl methyl sites for hydroxylation is 1. The lowest BCUT2D eigenvalue weighted by Crippen LogP contribution is -2.50. The predicted molar refractivity (Wildman–Crippen MR) is 161 cm³/mol. The summed E-state index contributed by atoms with van der Waals surface area (Å²) >= 11 is 0. The second kappa shape index (κ2) is 10.7. The van der Waals surface area contributed by atoms with E-state index in [1.165, 1.54) is 6.33 Å². The van der Waals surface area contributed by atoms with Crippen LogP contribution in [0.1, 0.15) is 58.1 Å². The maximum absolute atomic E-state index is 13.3. The number of hydrogen-bond acceptors (Lipinski definition) is 8. The highest BCUT2D eigenvalue weighted by Gasteiger charge is 2.47. The van der Waals surface area contributed by atoms with E-state index in [9.17, 15) is 4.79 Å². The van der Waals surface area contributed by atoms with Crippen molar-refractivity contribution < 1.29 is 14.3 Å². The summed E-state index contributed by atoms with van der Waals surface area (Å²) in [6.45, 7) is 6.91. The largest absolute Gasteiger partial charge is 0.444 e. The summed E-state index contributed by atoms with van der Waals surface area (Å²) in [5, 5.41) is 0.811. The number of allylic oxidation sites excluding steroid dienone is 2. The van der Waals surface area contributed by atoms with Crippen molar-refractivity contribution >= 4 is 22.9 Å². The summed E-state index contributed by atoms with van der Waals surface area (Å²) in [5.74, 6) is 1.07. The van der Waals surface area contributed by atoms with Crippen LogP contribution in [0.3, 0.4) is 0 Å². The quantitative estimate of drug-likeness (QED) is 0.287. The highest BCUT2D eigenvalue weighted by molar-refractivity contribution is 6.02. The van der Waals surface area contributed by atoms with Crippen molar-refractivity contribution in [1.82, 2.24) is 29.4 Å². The number of aromatic nitrogens is 5.